The van der Waals surface area contributed by atoms with Crippen molar-refractivity contribution >= 4 is 21.9 Å². The first-order valence-corrected chi connectivity index (χ1v) is 6.37. The van der Waals surface area contributed by atoms with Crippen molar-refractivity contribution in [1.29, 1.82) is 0 Å². The van der Waals surface area contributed by atoms with Crippen LogP contribution in [0, 0.1) is 0 Å². The summed E-state index contributed by atoms with van der Waals surface area (Å²) >= 11 is 3.28. The van der Waals surface area contributed by atoms with Gasteiger partial charge in [0.15, 0.2) is 5.96 Å². The Kier molecular flexibility index (Phi) is 3.57. The molecule has 0 aromatic heterocycles. The Morgan fingerprint density at radius 3 is 2.88 bits per heavy atom. The molecule has 1 aliphatic carbocycles. The summed E-state index contributed by atoms with van der Waals surface area (Å²) in [7, 11) is 1.98. The van der Waals surface area contributed by atoms with Crippen LogP contribution < -0.4 is 5.73 Å². The van der Waals surface area contributed by atoms with Gasteiger partial charge in [0.05, 0.1) is 11.0 Å². The molecule has 3 N–H and O–H groups in total. The van der Waals surface area contributed by atoms with Crippen molar-refractivity contribution in [3.05, 3.63) is 28.2 Å². The number of aromatic hydroxyl groups is 1. The molecule has 0 amide bonds. The average Bonchev–Trinajstić information content (AvgIpc) is 3.13. The number of hydrogen-bond donors (Lipinski definition) is 2. The molecule has 92 valence electrons. The number of nitrogens with two attached hydrogens (primary N) is 1. The monoisotopic (exact) mass is 297 g/mol. The van der Waals surface area contributed by atoms with Crippen molar-refractivity contribution in [2.24, 2.45) is 10.7 Å². The third-order valence-corrected chi connectivity index (χ3v) is 3.53. The second-order valence-corrected chi connectivity index (χ2v) is 5.16. The van der Waals surface area contributed by atoms with Crippen LogP contribution in [-0.2, 0) is 6.54 Å². The molecule has 1 aromatic rings. The Morgan fingerprint density at radius 2 is 2.29 bits per heavy atom. The van der Waals surface area contributed by atoms with E-state index in [0.29, 0.717) is 23.0 Å². The van der Waals surface area contributed by atoms with E-state index in [1.54, 1.807) is 6.07 Å². The molecule has 0 spiro atoms. The topological polar surface area (TPSA) is 61.8 Å². The summed E-state index contributed by atoms with van der Waals surface area (Å²) in [5.41, 5.74) is 6.90. The van der Waals surface area contributed by atoms with Crippen LogP contribution in [0.2, 0.25) is 0 Å². The standard InChI is InChI=1S/C12H16BrN3O/c1-16(9-3-4-9)12(14)15-7-8-2-5-11(17)10(13)6-8/h2,5-6,9,17H,3-4,7H2,1H3,(H2,14,15). The van der Waals surface area contributed by atoms with Crippen LogP contribution in [0.25, 0.3) is 0 Å². The first kappa shape index (κ1) is 12.2. The minimum Gasteiger partial charge on any atom is -0.507 e. The minimum absolute atomic E-state index is 0.237. The van der Waals surface area contributed by atoms with E-state index in [0.717, 1.165) is 5.56 Å². The normalized spacial score (nSPS) is 16.0. The molecule has 2 rings (SSSR count). The third kappa shape index (κ3) is 3.12. The van der Waals surface area contributed by atoms with E-state index in [9.17, 15) is 5.11 Å². The fraction of sp³-hybridized carbons (Fsp3) is 0.417. The number of halogens is 1. The summed E-state index contributed by atoms with van der Waals surface area (Å²) in [6.45, 7) is 0.530. The molecular weight excluding hydrogens is 282 g/mol. The molecule has 0 saturated heterocycles. The molecule has 17 heavy (non-hydrogen) atoms. The Bertz CT molecular complexity index is 443. The van der Waals surface area contributed by atoms with Gasteiger partial charge in [-0.1, -0.05) is 6.07 Å². The number of benzene rings is 1. The van der Waals surface area contributed by atoms with Gasteiger partial charge in [0.2, 0.25) is 0 Å². The van der Waals surface area contributed by atoms with Gasteiger partial charge < -0.3 is 15.7 Å². The van der Waals surface area contributed by atoms with Gasteiger partial charge in [-0.05, 0) is 46.5 Å². The highest BCUT2D eigenvalue weighted by atomic mass is 79.9. The fourth-order valence-electron chi connectivity index (χ4n) is 1.58. The zero-order valence-electron chi connectivity index (χ0n) is 9.73. The highest BCUT2D eigenvalue weighted by Crippen LogP contribution is 2.26. The van der Waals surface area contributed by atoms with Crippen LogP contribution in [0.1, 0.15) is 18.4 Å². The number of aliphatic imine (C=N–C) groups is 1. The van der Waals surface area contributed by atoms with Gasteiger partial charge >= 0.3 is 0 Å². The molecule has 0 bridgehead atoms. The number of phenolic OH excluding ortho intramolecular Hbond substituents is 1. The van der Waals surface area contributed by atoms with Gasteiger partial charge in [-0.2, -0.15) is 0 Å². The van der Waals surface area contributed by atoms with Crippen molar-refractivity contribution in [2.45, 2.75) is 25.4 Å². The van der Waals surface area contributed by atoms with Crippen molar-refractivity contribution in [3.8, 4) is 5.75 Å². The van der Waals surface area contributed by atoms with Crippen molar-refractivity contribution in [1.82, 2.24) is 4.90 Å². The zero-order chi connectivity index (χ0) is 12.4. The van der Waals surface area contributed by atoms with E-state index in [2.05, 4.69) is 20.9 Å². The summed E-state index contributed by atoms with van der Waals surface area (Å²) in [5, 5.41) is 9.37. The summed E-state index contributed by atoms with van der Waals surface area (Å²) in [4.78, 5) is 6.37. The molecule has 1 saturated carbocycles. The second kappa shape index (κ2) is 4.96. The number of phenols is 1. The fourth-order valence-corrected chi connectivity index (χ4v) is 2.01. The van der Waals surface area contributed by atoms with Crippen LogP contribution in [0.3, 0.4) is 0 Å². The van der Waals surface area contributed by atoms with E-state index in [1.807, 2.05) is 24.1 Å². The summed E-state index contributed by atoms with van der Waals surface area (Å²) < 4.78 is 0.680. The van der Waals surface area contributed by atoms with Gasteiger partial charge in [0, 0.05) is 13.1 Å². The lowest BCUT2D eigenvalue weighted by molar-refractivity contribution is 0.471. The predicted molar refractivity (Wildman–Crippen MR) is 71.9 cm³/mol. The molecule has 0 atom stereocenters. The van der Waals surface area contributed by atoms with Crippen LogP contribution in [0.5, 0.6) is 5.75 Å². The number of guanidine groups is 1. The molecule has 0 radical (unpaired) electrons. The Labute approximate surface area is 109 Å². The Balaban J connectivity index is 2.00. The number of rotatable bonds is 3. The van der Waals surface area contributed by atoms with E-state index in [1.165, 1.54) is 12.8 Å². The predicted octanol–water partition coefficient (Wildman–Crippen LogP) is 2.06. The van der Waals surface area contributed by atoms with Gasteiger partial charge in [0.1, 0.15) is 5.75 Å². The lowest BCUT2D eigenvalue weighted by atomic mass is 10.2. The van der Waals surface area contributed by atoms with Crippen molar-refractivity contribution in [2.75, 3.05) is 7.05 Å². The van der Waals surface area contributed by atoms with Crippen molar-refractivity contribution < 1.29 is 5.11 Å². The summed E-state index contributed by atoms with van der Waals surface area (Å²) in [5.74, 6) is 0.817. The van der Waals surface area contributed by atoms with Gasteiger partial charge in [-0.3, -0.25) is 0 Å². The first-order chi connectivity index (χ1) is 8.08. The van der Waals surface area contributed by atoms with Gasteiger partial charge in [-0.15, -0.1) is 0 Å². The largest absolute Gasteiger partial charge is 0.507 e. The van der Waals surface area contributed by atoms with E-state index in [-0.39, 0.29) is 5.75 Å². The highest BCUT2D eigenvalue weighted by Gasteiger charge is 2.27. The average molecular weight is 298 g/mol. The summed E-state index contributed by atoms with van der Waals surface area (Å²) in [6, 6.07) is 5.91. The molecule has 0 heterocycles. The maximum atomic E-state index is 9.37. The summed E-state index contributed by atoms with van der Waals surface area (Å²) in [6.07, 6.45) is 2.41. The zero-order valence-corrected chi connectivity index (χ0v) is 11.3. The molecule has 4 nitrogen and oxygen atoms in total. The smallest absolute Gasteiger partial charge is 0.191 e. The maximum Gasteiger partial charge on any atom is 0.191 e. The van der Waals surface area contributed by atoms with Gasteiger partial charge in [0.25, 0.3) is 0 Å². The van der Waals surface area contributed by atoms with Crippen molar-refractivity contribution in [3.63, 3.8) is 0 Å². The molecule has 1 aliphatic rings. The number of nitrogens with zero attached hydrogens (tertiary/aromatic N) is 2. The van der Waals surface area contributed by atoms with Crippen LogP contribution >= 0.6 is 15.9 Å². The maximum absolute atomic E-state index is 9.37. The molecule has 5 heteroatoms. The molecule has 0 aliphatic heterocycles. The van der Waals surface area contributed by atoms with Gasteiger partial charge in [-0.25, -0.2) is 4.99 Å². The van der Waals surface area contributed by atoms with E-state index < -0.39 is 0 Å². The Hall–Kier alpha value is -1.23. The second-order valence-electron chi connectivity index (χ2n) is 4.30. The lowest BCUT2D eigenvalue weighted by Crippen LogP contribution is -2.35. The van der Waals surface area contributed by atoms with Crippen LogP contribution in [0.15, 0.2) is 27.7 Å². The van der Waals surface area contributed by atoms with E-state index >= 15 is 0 Å². The number of hydrogen-bond acceptors (Lipinski definition) is 2. The minimum atomic E-state index is 0.237. The molecule has 0 unspecified atom stereocenters. The molecule has 1 aromatic carbocycles. The lowest BCUT2D eigenvalue weighted by Gasteiger charge is -2.16. The SMILES string of the molecule is CN(C(N)=NCc1ccc(O)c(Br)c1)C1CC1. The third-order valence-electron chi connectivity index (χ3n) is 2.89. The first-order valence-electron chi connectivity index (χ1n) is 5.58. The molecular formula is C12H16BrN3O. The molecule has 1 fully saturated rings. The Morgan fingerprint density at radius 1 is 1.59 bits per heavy atom. The highest BCUT2D eigenvalue weighted by molar-refractivity contribution is 9.10. The van der Waals surface area contributed by atoms with E-state index in [4.69, 9.17) is 5.73 Å². The quantitative estimate of drug-likeness (QED) is 0.663. The van der Waals surface area contributed by atoms with Crippen LogP contribution in [-0.4, -0.2) is 29.1 Å². The van der Waals surface area contributed by atoms with Crippen LogP contribution in [0.4, 0.5) is 0 Å².